The number of amides is 1. The molecule has 0 aromatic heterocycles. The van der Waals surface area contributed by atoms with Crippen LogP contribution >= 0.6 is 15.9 Å². The number of anilines is 1. The van der Waals surface area contributed by atoms with Gasteiger partial charge in [-0.25, -0.2) is 4.39 Å². The summed E-state index contributed by atoms with van der Waals surface area (Å²) in [6.07, 6.45) is 0. The quantitative estimate of drug-likeness (QED) is 0.344. The van der Waals surface area contributed by atoms with Crippen molar-refractivity contribution in [2.75, 3.05) is 5.32 Å². The van der Waals surface area contributed by atoms with Crippen molar-refractivity contribution in [1.29, 1.82) is 0 Å². The first-order valence-electron chi connectivity index (χ1n) is 5.87. The molecule has 0 aliphatic heterocycles. The van der Waals surface area contributed by atoms with Gasteiger partial charge in [0.15, 0.2) is 5.84 Å². The predicted octanol–water partition coefficient (Wildman–Crippen LogP) is 2.94. The summed E-state index contributed by atoms with van der Waals surface area (Å²) in [5.41, 5.74) is 5.77. The second-order valence-electron chi connectivity index (χ2n) is 4.08. The molecule has 0 saturated carbocycles. The van der Waals surface area contributed by atoms with Gasteiger partial charge in [-0.3, -0.25) is 4.79 Å². The lowest BCUT2D eigenvalue weighted by molar-refractivity contribution is 0.102. The molecule has 2 aromatic carbocycles. The van der Waals surface area contributed by atoms with Crippen molar-refractivity contribution in [2.45, 2.75) is 0 Å². The van der Waals surface area contributed by atoms with Crippen LogP contribution in [0.2, 0.25) is 0 Å². The van der Waals surface area contributed by atoms with E-state index >= 15 is 0 Å². The summed E-state index contributed by atoms with van der Waals surface area (Å²) >= 11 is 3.26. The lowest BCUT2D eigenvalue weighted by Gasteiger charge is -2.11. The van der Waals surface area contributed by atoms with Gasteiger partial charge in [0.25, 0.3) is 5.91 Å². The third-order valence-electron chi connectivity index (χ3n) is 2.74. The van der Waals surface area contributed by atoms with Gasteiger partial charge >= 0.3 is 0 Å². The molecule has 5 nitrogen and oxygen atoms in total. The monoisotopic (exact) mass is 351 g/mol. The maximum Gasteiger partial charge on any atom is 0.256 e. The molecule has 108 valence electrons. The van der Waals surface area contributed by atoms with E-state index in [0.29, 0.717) is 10.0 Å². The zero-order chi connectivity index (χ0) is 15.4. The molecule has 0 bridgehead atoms. The molecule has 0 fully saturated rings. The van der Waals surface area contributed by atoms with Gasteiger partial charge in [0.2, 0.25) is 0 Å². The van der Waals surface area contributed by atoms with Crippen LogP contribution < -0.4 is 11.1 Å². The normalized spacial score (nSPS) is 11.2. The molecule has 2 rings (SSSR count). The van der Waals surface area contributed by atoms with Crippen molar-refractivity contribution >= 4 is 33.4 Å². The molecule has 0 saturated heterocycles. The van der Waals surface area contributed by atoms with E-state index in [-0.39, 0.29) is 11.3 Å². The van der Waals surface area contributed by atoms with Crippen molar-refractivity contribution in [1.82, 2.24) is 0 Å². The first kappa shape index (κ1) is 15.0. The summed E-state index contributed by atoms with van der Waals surface area (Å²) < 4.78 is 14.4. The number of carbonyl (C=O) groups excluding carboxylic acids is 1. The summed E-state index contributed by atoms with van der Waals surface area (Å²) in [4.78, 5) is 12.2. The molecular formula is C14H11BrFN3O2. The van der Waals surface area contributed by atoms with Gasteiger partial charge in [-0.1, -0.05) is 23.4 Å². The Morgan fingerprint density at radius 1 is 1.24 bits per heavy atom. The minimum atomic E-state index is -0.699. The van der Waals surface area contributed by atoms with Crippen LogP contribution in [0, 0.1) is 5.82 Å². The molecular weight excluding hydrogens is 341 g/mol. The van der Waals surface area contributed by atoms with Crippen molar-refractivity contribution in [3.05, 3.63) is 63.9 Å². The molecule has 0 radical (unpaired) electrons. The SMILES string of the molecule is N/C(=N/O)c1c(F)cccc1NC(=O)c1ccccc1Br. The highest BCUT2D eigenvalue weighted by molar-refractivity contribution is 9.10. The number of nitrogens with zero attached hydrogens (tertiary/aromatic N) is 1. The number of hydrogen-bond acceptors (Lipinski definition) is 3. The standard InChI is InChI=1S/C14H11BrFN3O2/c15-9-5-2-1-4-8(9)14(20)18-11-7-3-6-10(16)12(11)13(17)19-21/h1-7,21H,(H2,17,19)(H,18,20). The fraction of sp³-hybridized carbons (Fsp3) is 0. The van der Waals surface area contributed by atoms with Gasteiger partial charge in [0, 0.05) is 4.47 Å². The van der Waals surface area contributed by atoms with Gasteiger partial charge in [-0.15, -0.1) is 0 Å². The Labute approximate surface area is 128 Å². The molecule has 0 unspecified atom stereocenters. The zero-order valence-electron chi connectivity index (χ0n) is 10.7. The lowest BCUT2D eigenvalue weighted by atomic mass is 10.1. The van der Waals surface area contributed by atoms with Crippen LogP contribution in [0.5, 0.6) is 0 Å². The molecule has 21 heavy (non-hydrogen) atoms. The number of oxime groups is 1. The zero-order valence-corrected chi connectivity index (χ0v) is 12.3. The maximum atomic E-state index is 13.8. The van der Waals surface area contributed by atoms with Gasteiger partial charge in [0.1, 0.15) is 5.82 Å². The van der Waals surface area contributed by atoms with Crippen molar-refractivity contribution < 1.29 is 14.4 Å². The molecule has 0 heterocycles. The number of amidine groups is 1. The van der Waals surface area contributed by atoms with E-state index in [0.717, 1.165) is 6.07 Å². The summed E-state index contributed by atoms with van der Waals surface area (Å²) in [6.45, 7) is 0. The molecule has 7 heteroatoms. The largest absolute Gasteiger partial charge is 0.409 e. The van der Waals surface area contributed by atoms with E-state index in [2.05, 4.69) is 26.4 Å². The van der Waals surface area contributed by atoms with Crippen molar-refractivity contribution in [3.8, 4) is 0 Å². The molecule has 0 aliphatic carbocycles. The fourth-order valence-electron chi connectivity index (χ4n) is 1.77. The molecule has 1 amide bonds. The van der Waals surface area contributed by atoms with Crippen molar-refractivity contribution in [2.24, 2.45) is 10.9 Å². The summed E-state index contributed by atoms with van der Waals surface area (Å²) in [5.74, 6) is -1.56. The number of hydrogen-bond donors (Lipinski definition) is 3. The molecule has 2 aromatic rings. The predicted molar refractivity (Wildman–Crippen MR) is 81.0 cm³/mol. The lowest BCUT2D eigenvalue weighted by Crippen LogP contribution is -2.20. The Morgan fingerprint density at radius 3 is 2.62 bits per heavy atom. The third kappa shape index (κ3) is 3.19. The van der Waals surface area contributed by atoms with Gasteiger partial charge in [-0.2, -0.15) is 0 Å². The highest BCUT2D eigenvalue weighted by Crippen LogP contribution is 2.22. The summed E-state index contributed by atoms with van der Waals surface area (Å²) in [5, 5.41) is 14.0. The minimum absolute atomic E-state index is 0.117. The van der Waals surface area contributed by atoms with E-state index in [1.54, 1.807) is 24.3 Å². The van der Waals surface area contributed by atoms with Gasteiger partial charge < -0.3 is 16.3 Å². The second-order valence-corrected chi connectivity index (χ2v) is 4.94. The molecule has 4 N–H and O–H groups in total. The molecule has 0 aliphatic rings. The number of rotatable bonds is 3. The van der Waals surface area contributed by atoms with Crippen LogP contribution in [0.3, 0.4) is 0 Å². The van der Waals surface area contributed by atoms with Crippen LogP contribution in [0.25, 0.3) is 0 Å². The smallest absolute Gasteiger partial charge is 0.256 e. The Kier molecular flexibility index (Phi) is 4.54. The first-order valence-corrected chi connectivity index (χ1v) is 6.66. The molecule has 0 atom stereocenters. The van der Waals surface area contributed by atoms with E-state index in [1.807, 2.05) is 0 Å². The van der Waals surface area contributed by atoms with E-state index in [9.17, 15) is 9.18 Å². The maximum absolute atomic E-state index is 13.8. The van der Waals surface area contributed by atoms with Crippen LogP contribution in [0.4, 0.5) is 10.1 Å². The second kappa shape index (κ2) is 6.36. The molecule has 0 spiro atoms. The average molecular weight is 352 g/mol. The number of carbonyl (C=O) groups is 1. The van der Waals surface area contributed by atoms with Crippen LogP contribution in [0.15, 0.2) is 52.1 Å². The first-order chi connectivity index (χ1) is 10.0. The van der Waals surface area contributed by atoms with Crippen LogP contribution in [0.1, 0.15) is 15.9 Å². The fourth-order valence-corrected chi connectivity index (χ4v) is 2.24. The van der Waals surface area contributed by atoms with Crippen molar-refractivity contribution in [3.63, 3.8) is 0 Å². The summed E-state index contributed by atoms with van der Waals surface area (Å²) in [7, 11) is 0. The minimum Gasteiger partial charge on any atom is -0.409 e. The van der Waals surface area contributed by atoms with E-state index < -0.39 is 17.6 Å². The van der Waals surface area contributed by atoms with Gasteiger partial charge in [-0.05, 0) is 40.2 Å². The number of nitrogens with two attached hydrogens (primary N) is 1. The number of benzene rings is 2. The Bertz CT molecular complexity index is 719. The third-order valence-corrected chi connectivity index (χ3v) is 3.44. The number of nitrogens with one attached hydrogen (secondary N) is 1. The average Bonchev–Trinajstić information content (AvgIpc) is 2.47. The Morgan fingerprint density at radius 2 is 1.95 bits per heavy atom. The topological polar surface area (TPSA) is 87.7 Å². The van der Waals surface area contributed by atoms with Gasteiger partial charge in [0.05, 0.1) is 16.8 Å². The van der Waals surface area contributed by atoms with Crippen LogP contribution in [-0.4, -0.2) is 17.0 Å². The van der Waals surface area contributed by atoms with E-state index in [1.165, 1.54) is 12.1 Å². The van der Waals surface area contributed by atoms with Crippen LogP contribution in [-0.2, 0) is 0 Å². The number of halogens is 2. The Hall–Kier alpha value is -2.41. The Balaban J connectivity index is 2.39. The highest BCUT2D eigenvalue weighted by atomic mass is 79.9. The highest BCUT2D eigenvalue weighted by Gasteiger charge is 2.16. The van der Waals surface area contributed by atoms with E-state index in [4.69, 9.17) is 10.9 Å². The summed E-state index contributed by atoms with van der Waals surface area (Å²) in [6, 6.07) is 10.8.